The van der Waals surface area contributed by atoms with Crippen molar-refractivity contribution in [3.8, 4) is 6.07 Å². The summed E-state index contributed by atoms with van der Waals surface area (Å²) in [5.74, 6) is 0.728. The summed E-state index contributed by atoms with van der Waals surface area (Å²) in [6.07, 6.45) is 1.83. The lowest BCUT2D eigenvalue weighted by atomic mass is 10.1. The minimum absolute atomic E-state index is 0.728. The van der Waals surface area contributed by atoms with Gasteiger partial charge < -0.3 is 0 Å². The van der Waals surface area contributed by atoms with Gasteiger partial charge in [0.15, 0.2) is 0 Å². The predicted octanol–water partition coefficient (Wildman–Crippen LogP) is 2.04. The molecule has 1 heterocycles. The molecule has 0 aliphatic carbocycles. The standard InChI is InChI=1S/C9H6N2S/c10-4-7-2-1-3-8-5-11-6-12-9(7)8/h1-3,5H,6H2. The highest BCUT2D eigenvalue weighted by molar-refractivity contribution is 7.99. The van der Waals surface area contributed by atoms with E-state index in [0.29, 0.717) is 0 Å². The number of rotatable bonds is 0. The number of thioether (sulfide) groups is 1. The molecule has 0 unspecified atom stereocenters. The van der Waals surface area contributed by atoms with E-state index >= 15 is 0 Å². The van der Waals surface area contributed by atoms with Gasteiger partial charge in [0, 0.05) is 16.7 Å². The summed E-state index contributed by atoms with van der Waals surface area (Å²) in [6, 6.07) is 7.87. The molecule has 12 heavy (non-hydrogen) atoms. The highest BCUT2D eigenvalue weighted by Crippen LogP contribution is 2.28. The Bertz CT molecular complexity index is 377. The van der Waals surface area contributed by atoms with Crippen LogP contribution in [0.5, 0.6) is 0 Å². The molecule has 1 aliphatic rings. The Labute approximate surface area is 74.9 Å². The third kappa shape index (κ3) is 1.10. The molecule has 0 saturated carbocycles. The highest BCUT2D eigenvalue weighted by atomic mass is 32.2. The maximum Gasteiger partial charge on any atom is 0.100 e. The third-order valence-electron chi connectivity index (χ3n) is 1.68. The molecule has 1 aliphatic heterocycles. The fourth-order valence-corrected chi connectivity index (χ4v) is 1.98. The van der Waals surface area contributed by atoms with Crippen molar-refractivity contribution >= 4 is 18.0 Å². The summed E-state index contributed by atoms with van der Waals surface area (Å²) < 4.78 is 0. The van der Waals surface area contributed by atoms with Gasteiger partial charge in [-0.25, -0.2) is 0 Å². The van der Waals surface area contributed by atoms with Gasteiger partial charge in [-0.3, -0.25) is 4.99 Å². The van der Waals surface area contributed by atoms with E-state index in [9.17, 15) is 0 Å². The fraction of sp³-hybridized carbons (Fsp3) is 0.111. The SMILES string of the molecule is N#Cc1cccc2c1SCN=C2. The molecule has 0 fully saturated rings. The summed E-state index contributed by atoms with van der Waals surface area (Å²) in [7, 11) is 0. The molecule has 0 bridgehead atoms. The number of fused-ring (bicyclic) bond motifs is 1. The van der Waals surface area contributed by atoms with Crippen LogP contribution in [0.3, 0.4) is 0 Å². The zero-order valence-electron chi connectivity index (χ0n) is 6.32. The van der Waals surface area contributed by atoms with Crippen LogP contribution in [0.1, 0.15) is 11.1 Å². The van der Waals surface area contributed by atoms with Gasteiger partial charge in [-0.05, 0) is 6.07 Å². The molecule has 0 spiro atoms. The molecule has 1 aromatic carbocycles. The lowest BCUT2D eigenvalue weighted by Gasteiger charge is -2.09. The minimum atomic E-state index is 0.728. The Kier molecular flexibility index (Phi) is 1.84. The Morgan fingerprint density at radius 2 is 2.42 bits per heavy atom. The van der Waals surface area contributed by atoms with Crippen LogP contribution in [-0.2, 0) is 0 Å². The number of aliphatic imine (C=N–C) groups is 1. The zero-order valence-corrected chi connectivity index (χ0v) is 7.14. The van der Waals surface area contributed by atoms with Crippen LogP contribution in [0.15, 0.2) is 28.1 Å². The smallest absolute Gasteiger partial charge is 0.100 e. The normalized spacial score (nSPS) is 13.6. The zero-order chi connectivity index (χ0) is 8.39. The maximum atomic E-state index is 8.79. The lowest BCUT2D eigenvalue weighted by molar-refractivity contribution is 1.28. The molecular formula is C9H6N2S. The Morgan fingerprint density at radius 1 is 1.50 bits per heavy atom. The van der Waals surface area contributed by atoms with Crippen LogP contribution in [0, 0.1) is 11.3 Å². The molecule has 0 atom stereocenters. The van der Waals surface area contributed by atoms with Crippen molar-refractivity contribution in [2.24, 2.45) is 4.99 Å². The van der Waals surface area contributed by atoms with Gasteiger partial charge in [-0.15, -0.1) is 11.8 Å². The quantitative estimate of drug-likeness (QED) is 0.603. The van der Waals surface area contributed by atoms with Crippen LogP contribution >= 0.6 is 11.8 Å². The van der Waals surface area contributed by atoms with E-state index in [2.05, 4.69) is 11.1 Å². The molecule has 0 aromatic heterocycles. The monoisotopic (exact) mass is 174 g/mol. The van der Waals surface area contributed by atoms with Crippen molar-refractivity contribution in [3.63, 3.8) is 0 Å². The second-order valence-corrected chi connectivity index (χ2v) is 3.38. The van der Waals surface area contributed by atoms with E-state index in [1.54, 1.807) is 11.8 Å². The molecule has 58 valence electrons. The molecule has 0 N–H and O–H groups in total. The van der Waals surface area contributed by atoms with Crippen LogP contribution < -0.4 is 0 Å². The predicted molar refractivity (Wildman–Crippen MR) is 49.5 cm³/mol. The van der Waals surface area contributed by atoms with Crippen molar-refractivity contribution < 1.29 is 0 Å². The van der Waals surface area contributed by atoms with Crippen molar-refractivity contribution in [1.82, 2.24) is 0 Å². The summed E-state index contributed by atoms with van der Waals surface area (Å²) in [6.45, 7) is 0. The Balaban J connectivity index is 2.63. The van der Waals surface area contributed by atoms with Gasteiger partial charge in [-0.1, -0.05) is 12.1 Å². The van der Waals surface area contributed by atoms with Crippen molar-refractivity contribution in [2.75, 3.05) is 5.88 Å². The second-order valence-electron chi connectivity index (χ2n) is 2.42. The Morgan fingerprint density at radius 3 is 3.25 bits per heavy atom. The van der Waals surface area contributed by atoms with Crippen LogP contribution in [0.25, 0.3) is 0 Å². The van der Waals surface area contributed by atoms with Crippen molar-refractivity contribution in [1.29, 1.82) is 5.26 Å². The van der Waals surface area contributed by atoms with Gasteiger partial charge in [-0.2, -0.15) is 5.26 Å². The average molecular weight is 174 g/mol. The van der Waals surface area contributed by atoms with Gasteiger partial charge >= 0.3 is 0 Å². The van der Waals surface area contributed by atoms with E-state index in [0.717, 1.165) is 21.9 Å². The molecule has 0 radical (unpaired) electrons. The topological polar surface area (TPSA) is 36.1 Å². The summed E-state index contributed by atoms with van der Waals surface area (Å²) in [5.41, 5.74) is 1.81. The van der Waals surface area contributed by atoms with Gasteiger partial charge in [0.1, 0.15) is 6.07 Å². The molecule has 2 nitrogen and oxygen atoms in total. The van der Waals surface area contributed by atoms with E-state index in [-0.39, 0.29) is 0 Å². The second kappa shape index (κ2) is 3.00. The van der Waals surface area contributed by atoms with E-state index in [1.165, 1.54) is 0 Å². The number of hydrogen-bond acceptors (Lipinski definition) is 3. The van der Waals surface area contributed by atoms with Crippen molar-refractivity contribution in [3.05, 3.63) is 29.3 Å². The first-order valence-corrected chi connectivity index (χ1v) is 4.56. The molecule has 1 aromatic rings. The first-order chi connectivity index (χ1) is 5.92. The molecule has 0 amide bonds. The maximum absolute atomic E-state index is 8.79. The molecule has 0 saturated heterocycles. The van der Waals surface area contributed by atoms with Crippen molar-refractivity contribution in [2.45, 2.75) is 4.90 Å². The summed E-state index contributed by atoms with van der Waals surface area (Å²) >= 11 is 1.62. The van der Waals surface area contributed by atoms with Gasteiger partial charge in [0.2, 0.25) is 0 Å². The highest BCUT2D eigenvalue weighted by Gasteiger charge is 2.09. The molecule has 2 rings (SSSR count). The molecular weight excluding hydrogens is 168 g/mol. The lowest BCUT2D eigenvalue weighted by Crippen LogP contribution is -1.95. The van der Waals surface area contributed by atoms with E-state index < -0.39 is 0 Å². The number of benzene rings is 1. The number of hydrogen-bond donors (Lipinski definition) is 0. The Hall–Kier alpha value is -1.27. The molecule has 3 heteroatoms. The van der Waals surface area contributed by atoms with Crippen LogP contribution in [0.4, 0.5) is 0 Å². The third-order valence-corrected chi connectivity index (χ3v) is 2.70. The van der Waals surface area contributed by atoms with Gasteiger partial charge in [0.25, 0.3) is 0 Å². The van der Waals surface area contributed by atoms with E-state index in [4.69, 9.17) is 5.26 Å². The van der Waals surface area contributed by atoms with E-state index in [1.807, 2.05) is 24.4 Å². The first-order valence-electron chi connectivity index (χ1n) is 3.57. The average Bonchev–Trinajstić information content (AvgIpc) is 2.17. The number of nitriles is 1. The largest absolute Gasteiger partial charge is 0.281 e. The minimum Gasteiger partial charge on any atom is -0.281 e. The number of nitrogens with zero attached hydrogens (tertiary/aromatic N) is 2. The fourth-order valence-electron chi connectivity index (χ4n) is 1.14. The summed E-state index contributed by atoms with van der Waals surface area (Å²) in [4.78, 5) is 5.19. The summed E-state index contributed by atoms with van der Waals surface area (Å²) in [5, 5.41) is 8.79. The van der Waals surface area contributed by atoms with Gasteiger partial charge in [0.05, 0.1) is 11.4 Å². The first kappa shape index (κ1) is 7.38. The van der Waals surface area contributed by atoms with Crippen LogP contribution in [0.2, 0.25) is 0 Å². The van der Waals surface area contributed by atoms with Crippen LogP contribution in [-0.4, -0.2) is 12.1 Å².